The van der Waals surface area contributed by atoms with E-state index in [2.05, 4.69) is 35.6 Å². The van der Waals surface area contributed by atoms with Gasteiger partial charge in [-0.3, -0.25) is 9.69 Å². The van der Waals surface area contributed by atoms with Crippen molar-refractivity contribution in [2.75, 3.05) is 13.1 Å². The number of carbonyl (C=O) groups excluding carboxylic acids is 1. The second-order valence-corrected chi connectivity index (χ2v) is 6.21. The normalized spacial score (nSPS) is 18.4. The van der Waals surface area contributed by atoms with Gasteiger partial charge in [-0.25, -0.2) is 4.98 Å². The predicted molar refractivity (Wildman–Crippen MR) is 78.7 cm³/mol. The maximum atomic E-state index is 11.5. The zero-order valence-electron chi connectivity index (χ0n) is 12.1. The lowest BCUT2D eigenvalue weighted by Gasteiger charge is -2.49. The van der Waals surface area contributed by atoms with Gasteiger partial charge < -0.3 is 10.7 Å². The van der Waals surface area contributed by atoms with E-state index in [1.165, 1.54) is 0 Å². The molecular formula is C15H20N4O. The number of imidazole rings is 1. The molecule has 5 nitrogen and oxygen atoms in total. The molecule has 0 spiro atoms. The maximum absolute atomic E-state index is 11.5. The summed E-state index contributed by atoms with van der Waals surface area (Å²) in [5.74, 6) is 0.509. The van der Waals surface area contributed by atoms with Crippen LogP contribution in [-0.4, -0.2) is 39.9 Å². The van der Waals surface area contributed by atoms with Gasteiger partial charge in [0.1, 0.15) is 11.3 Å². The van der Waals surface area contributed by atoms with Crippen molar-refractivity contribution < 1.29 is 4.79 Å². The SMILES string of the molecule is CC(C)N1CC(C)(c2nc3c(C(N)=O)cccc3[nH]2)C1. The molecule has 1 aliphatic heterocycles. The molecule has 1 aromatic carbocycles. The molecule has 3 N–H and O–H groups in total. The second kappa shape index (κ2) is 4.31. The molecule has 1 amide bonds. The smallest absolute Gasteiger partial charge is 0.250 e. The molecule has 2 aromatic rings. The summed E-state index contributed by atoms with van der Waals surface area (Å²) in [4.78, 5) is 21.8. The maximum Gasteiger partial charge on any atom is 0.250 e. The number of H-pyrrole nitrogens is 1. The minimum Gasteiger partial charge on any atom is -0.366 e. The summed E-state index contributed by atoms with van der Waals surface area (Å²) >= 11 is 0. The highest BCUT2D eigenvalue weighted by molar-refractivity contribution is 6.04. The number of rotatable bonds is 3. The van der Waals surface area contributed by atoms with Crippen LogP contribution < -0.4 is 5.73 Å². The number of fused-ring (bicyclic) bond motifs is 1. The molecule has 0 unspecified atom stereocenters. The van der Waals surface area contributed by atoms with Crippen molar-refractivity contribution >= 4 is 16.9 Å². The fourth-order valence-corrected chi connectivity index (χ4v) is 2.88. The van der Waals surface area contributed by atoms with Gasteiger partial charge in [-0.2, -0.15) is 0 Å². The van der Waals surface area contributed by atoms with E-state index in [9.17, 15) is 4.79 Å². The molecule has 0 radical (unpaired) electrons. The van der Waals surface area contributed by atoms with Crippen LogP contribution in [0.1, 0.15) is 37.0 Å². The van der Waals surface area contributed by atoms with E-state index in [1.54, 1.807) is 6.07 Å². The van der Waals surface area contributed by atoms with Crippen LogP contribution in [0.25, 0.3) is 11.0 Å². The highest BCUT2D eigenvalue weighted by Gasteiger charge is 2.43. The lowest BCUT2D eigenvalue weighted by Crippen LogP contribution is -2.60. The Morgan fingerprint density at radius 3 is 2.75 bits per heavy atom. The van der Waals surface area contributed by atoms with Crippen molar-refractivity contribution in [1.29, 1.82) is 0 Å². The van der Waals surface area contributed by atoms with Crippen LogP contribution in [0.15, 0.2) is 18.2 Å². The molecule has 20 heavy (non-hydrogen) atoms. The third-order valence-corrected chi connectivity index (χ3v) is 4.18. The van der Waals surface area contributed by atoms with E-state index in [0.717, 1.165) is 24.4 Å². The fraction of sp³-hybridized carbons (Fsp3) is 0.467. The Morgan fingerprint density at radius 2 is 2.15 bits per heavy atom. The van der Waals surface area contributed by atoms with E-state index in [1.807, 2.05) is 12.1 Å². The monoisotopic (exact) mass is 272 g/mol. The number of primary amides is 1. The summed E-state index contributed by atoms with van der Waals surface area (Å²) in [6.45, 7) is 8.56. The molecule has 0 saturated carbocycles. The molecule has 3 rings (SSSR count). The van der Waals surface area contributed by atoms with Gasteiger partial charge in [0.25, 0.3) is 5.91 Å². The number of benzene rings is 1. The standard InChI is InChI=1S/C15H20N4O/c1-9(2)19-7-15(3,8-19)14-17-11-6-4-5-10(13(16)20)12(11)18-14/h4-6,9H,7-8H2,1-3H3,(H2,16,20)(H,17,18). The van der Waals surface area contributed by atoms with E-state index < -0.39 is 5.91 Å². The number of aromatic nitrogens is 2. The zero-order valence-corrected chi connectivity index (χ0v) is 12.1. The average Bonchev–Trinajstić information content (AvgIpc) is 2.78. The Kier molecular flexibility index (Phi) is 2.83. The van der Waals surface area contributed by atoms with Crippen LogP contribution in [0.5, 0.6) is 0 Å². The molecule has 5 heteroatoms. The molecule has 106 valence electrons. The largest absolute Gasteiger partial charge is 0.366 e. The molecule has 0 aliphatic carbocycles. The van der Waals surface area contributed by atoms with Gasteiger partial charge in [0.2, 0.25) is 0 Å². The molecule has 1 aromatic heterocycles. The number of carbonyl (C=O) groups is 1. The summed E-state index contributed by atoms with van der Waals surface area (Å²) in [6.07, 6.45) is 0. The van der Waals surface area contributed by atoms with E-state index in [0.29, 0.717) is 17.1 Å². The molecule has 1 aliphatic rings. The second-order valence-electron chi connectivity index (χ2n) is 6.21. The van der Waals surface area contributed by atoms with Crippen molar-refractivity contribution in [3.05, 3.63) is 29.6 Å². The first-order valence-electron chi connectivity index (χ1n) is 6.94. The first kappa shape index (κ1) is 13.1. The van der Waals surface area contributed by atoms with Crippen LogP contribution in [0.4, 0.5) is 0 Å². The van der Waals surface area contributed by atoms with E-state index in [-0.39, 0.29) is 5.41 Å². The zero-order chi connectivity index (χ0) is 14.5. The highest BCUT2D eigenvalue weighted by atomic mass is 16.1. The lowest BCUT2D eigenvalue weighted by molar-refractivity contribution is 0.0433. The van der Waals surface area contributed by atoms with Crippen LogP contribution >= 0.6 is 0 Å². The number of likely N-dealkylation sites (tertiary alicyclic amines) is 1. The molecule has 2 heterocycles. The predicted octanol–water partition coefficient (Wildman–Crippen LogP) is 1.64. The van der Waals surface area contributed by atoms with Crippen LogP contribution in [0.2, 0.25) is 0 Å². The van der Waals surface area contributed by atoms with E-state index in [4.69, 9.17) is 5.73 Å². The van der Waals surface area contributed by atoms with Crippen molar-refractivity contribution in [2.24, 2.45) is 5.73 Å². The van der Waals surface area contributed by atoms with Crippen molar-refractivity contribution in [3.8, 4) is 0 Å². The Morgan fingerprint density at radius 1 is 1.45 bits per heavy atom. The van der Waals surface area contributed by atoms with Crippen molar-refractivity contribution in [3.63, 3.8) is 0 Å². The fourth-order valence-electron chi connectivity index (χ4n) is 2.88. The quantitative estimate of drug-likeness (QED) is 0.892. The molecule has 1 saturated heterocycles. The number of hydrogen-bond donors (Lipinski definition) is 2. The summed E-state index contributed by atoms with van der Waals surface area (Å²) in [5.41, 5.74) is 7.47. The number of nitrogens with zero attached hydrogens (tertiary/aromatic N) is 2. The van der Waals surface area contributed by atoms with Gasteiger partial charge in [0.05, 0.1) is 16.5 Å². The first-order valence-corrected chi connectivity index (χ1v) is 6.94. The minimum absolute atomic E-state index is 0.0260. The van der Waals surface area contributed by atoms with Crippen molar-refractivity contribution in [1.82, 2.24) is 14.9 Å². The summed E-state index contributed by atoms with van der Waals surface area (Å²) in [5, 5.41) is 0. The number of amides is 1. The van der Waals surface area contributed by atoms with Gasteiger partial charge in [0.15, 0.2) is 0 Å². The van der Waals surface area contributed by atoms with Crippen LogP contribution in [0, 0.1) is 0 Å². The summed E-state index contributed by atoms with van der Waals surface area (Å²) < 4.78 is 0. The number of hydrogen-bond acceptors (Lipinski definition) is 3. The number of nitrogens with two attached hydrogens (primary N) is 1. The number of aromatic amines is 1. The lowest BCUT2D eigenvalue weighted by atomic mass is 9.80. The highest BCUT2D eigenvalue weighted by Crippen LogP contribution is 2.34. The van der Waals surface area contributed by atoms with Gasteiger partial charge in [-0.05, 0) is 26.0 Å². The number of nitrogens with one attached hydrogen (secondary N) is 1. The first-order chi connectivity index (χ1) is 9.40. The number of para-hydroxylation sites is 1. The van der Waals surface area contributed by atoms with Gasteiger partial charge >= 0.3 is 0 Å². The summed E-state index contributed by atoms with van der Waals surface area (Å²) in [7, 11) is 0. The minimum atomic E-state index is -0.434. The molecule has 0 atom stereocenters. The Balaban J connectivity index is 1.98. The third-order valence-electron chi connectivity index (χ3n) is 4.18. The van der Waals surface area contributed by atoms with Gasteiger partial charge in [-0.1, -0.05) is 13.0 Å². The van der Waals surface area contributed by atoms with E-state index >= 15 is 0 Å². The molecule has 1 fully saturated rings. The Hall–Kier alpha value is -1.88. The van der Waals surface area contributed by atoms with Crippen LogP contribution in [0.3, 0.4) is 0 Å². The van der Waals surface area contributed by atoms with Crippen LogP contribution in [-0.2, 0) is 5.41 Å². The van der Waals surface area contributed by atoms with Gasteiger partial charge in [0, 0.05) is 19.1 Å². The Labute approximate surface area is 118 Å². The molecular weight excluding hydrogens is 252 g/mol. The topological polar surface area (TPSA) is 75.0 Å². The molecule has 0 bridgehead atoms. The van der Waals surface area contributed by atoms with Crippen molar-refractivity contribution in [2.45, 2.75) is 32.2 Å². The van der Waals surface area contributed by atoms with Gasteiger partial charge in [-0.15, -0.1) is 0 Å². The summed E-state index contributed by atoms with van der Waals surface area (Å²) in [6, 6.07) is 6.03. The average molecular weight is 272 g/mol. The third kappa shape index (κ3) is 1.89. The Bertz CT molecular complexity index is 668.